The van der Waals surface area contributed by atoms with Crippen molar-refractivity contribution in [3.05, 3.63) is 0 Å². The van der Waals surface area contributed by atoms with Crippen LogP contribution >= 0.6 is 0 Å². The van der Waals surface area contributed by atoms with Crippen molar-refractivity contribution in [2.24, 2.45) is 0 Å². The van der Waals surface area contributed by atoms with Crippen molar-refractivity contribution < 1.29 is 19.8 Å². The average Bonchev–Trinajstić information content (AvgIpc) is 2.80. The van der Waals surface area contributed by atoms with Crippen LogP contribution in [0.3, 0.4) is 0 Å². The number of aliphatic hydroxyl groups is 1. The maximum atomic E-state index is 12.4. The Bertz CT molecular complexity index is 380. The van der Waals surface area contributed by atoms with E-state index in [2.05, 4.69) is 4.90 Å². The number of aliphatic carboxylic acids is 1. The number of rotatable bonds is 2. The highest BCUT2D eigenvalue weighted by atomic mass is 16.4. The number of β-amino-alcohol motifs (C(OH)–C–C–N with tert-alkyl or cyclic N) is 1. The van der Waals surface area contributed by atoms with Crippen LogP contribution in [-0.2, 0) is 4.79 Å². The van der Waals surface area contributed by atoms with Crippen LogP contribution in [0.25, 0.3) is 0 Å². The second kappa shape index (κ2) is 5.97. The van der Waals surface area contributed by atoms with Crippen molar-refractivity contribution in [3.63, 3.8) is 0 Å². The molecule has 2 aliphatic rings. The molecule has 2 fully saturated rings. The quantitative estimate of drug-likeness (QED) is 0.724. The SMILES string of the molecule is CN(C)C1CCN(C(=O)N2C[C@H](O)C[C@@H]2C(=O)O)CC1. The Balaban J connectivity index is 1.96. The zero-order chi connectivity index (χ0) is 14.9. The van der Waals surface area contributed by atoms with Gasteiger partial charge in [-0.2, -0.15) is 0 Å². The fraction of sp³-hybridized carbons (Fsp3) is 0.846. The summed E-state index contributed by atoms with van der Waals surface area (Å²) in [5, 5.41) is 18.7. The maximum absolute atomic E-state index is 12.4. The van der Waals surface area contributed by atoms with Crippen molar-refractivity contribution in [2.45, 2.75) is 37.5 Å². The Labute approximate surface area is 118 Å². The number of carboxylic acids is 1. The van der Waals surface area contributed by atoms with Gasteiger partial charge in [-0.05, 0) is 26.9 Å². The van der Waals surface area contributed by atoms with Gasteiger partial charge in [-0.1, -0.05) is 0 Å². The summed E-state index contributed by atoms with van der Waals surface area (Å²) in [5.41, 5.74) is 0. The molecular weight excluding hydrogens is 262 g/mol. The molecule has 2 rings (SSSR count). The summed E-state index contributed by atoms with van der Waals surface area (Å²) in [6, 6.07) is -0.686. The average molecular weight is 285 g/mol. The number of piperidine rings is 1. The number of aliphatic hydroxyl groups excluding tert-OH is 1. The van der Waals surface area contributed by atoms with E-state index in [1.807, 2.05) is 14.1 Å². The topological polar surface area (TPSA) is 84.3 Å². The number of urea groups is 1. The Hall–Kier alpha value is -1.34. The van der Waals surface area contributed by atoms with Crippen LogP contribution in [0.15, 0.2) is 0 Å². The lowest BCUT2D eigenvalue weighted by Gasteiger charge is -2.37. The Morgan fingerprint density at radius 2 is 1.80 bits per heavy atom. The maximum Gasteiger partial charge on any atom is 0.326 e. The molecular formula is C13H23N3O4. The van der Waals surface area contributed by atoms with Gasteiger partial charge in [0.1, 0.15) is 6.04 Å². The molecule has 2 N–H and O–H groups in total. The lowest BCUT2D eigenvalue weighted by atomic mass is 10.0. The molecule has 0 radical (unpaired) electrons. The first-order valence-corrected chi connectivity index (χ1v) is 7.03. The molecule has 20 heavy (non-hydrogen) atoms. The van der Waals surface area contributed by atoms with E-state index in [4.69, 9.17) is 5.11 Å². The van der Waals surface area contributed by atoms with Crippen LogP contribution in [0, 0.1) is 0 Å². The minimum atomic E-state index is -1.04. The van der Waals surface area contributed by atoms with Crippen molar-refractivity contribution in [2.75, 3.05) is 33.7 Å². The van der Waals surface area contributed by atoms with Gasteiger partial charge in [0, 0.05) is 32.1 Å². The van der Waals surface area contributed by atoms with Crippen LogP contribution < -0.4 is 0 Å². The van der Waals surface area contributed by atoms with Crippen molar-refractivity contribution in [1.82, 2.24) is 14.7 Å². The molecule has 0 aromatic heterocycles. The highest BCUT2D eigenvalue weighted by Gasteiger charge is 2.41. The number of hydrogen-bond donors (Lipinski definition) is 2. The number of likely N-dealkylation sites (tertiary alicyclic amines) is 2. The molecule has 114 valence electrons. The molecule has 2 aliphatic heterocycles. The van der Waals surface area contributed by atoms with E-state index < -0.39 is 18.1 Å². The first-order valence-electron chi connectivity index (χ1n) is 7.03. The molecule has 0 spiro atoms. The third kappa shape index (κ3) is 3.04. The summed E-state index contributed by atoms with van der Waals surface area (Å²) in [7, 11) is 4.05. The number of nitrogens with zero attached hydrogens (tertiary/aromatic N) is 3. The fourth-order valence-corrected chi connectivity index (χ4v) is 3.01. The first-order chi connectivity index (χ1) is 9.40. The molecule has 7 heteroatoms. The van der Waals surface area contributed by atoms with Crippen LogP contribution in [0.2, 0.25) is 0 Å². The minimum Gasteiger partial charge on any atom is -0.480 e. The van der Waals surface area contributed by atoms with E-state index in [9.17, 15) is 14.7 Å². The van der Waals surface area contributed by atoms with Crippen molar-refractivity contribution >= 4 is 12.0 Å². The second-order valence-corrected chi connectivity index (χ2v) is 5.86. The molecule has 0 aromatic carbocycles. The molecule has 7 nitrogen and oxygen atoms in total. The summed E-state index contributed by atoms with van der Waals surface area (Å²) < 4.78 is 0. The largest absolute Gasteiger partial charge is 0.480 e. The fourth-order valence-electron chi connectivity index (χ4n) is 3.01. The summed E-state index contributed by atoms with van der Waals surface area (Å²) in [5.74, 6) is -1.04. The summed E-state index contributed by atoms with van der Waals surface area (Å²) >= 11 is 0. The lowest BCUT2D eigenvalue weighted by Crippen LogP contribution is -2.52. The summed E-state index contributed by atoms with van der Waals surface area (Å²) in [6.45, 7) is 1.39. The van der Waals surface area contributed by atoms with Crippen molar-refractivity contribution in [1.29, 1.82) is 0 Å². The van der Waals surface area contributed by atoms with Crippen LogP contribution in [-0.4, -0.2) is 88.8 Å². The summed E-state index contributed by atoms with van der Waals surface area (Å²) in [6.07, 6.45) is 1.17. The standard InChI is InChI=1S/C13H23N3O4/c1-14(2)9-3-5-15(6-4-9)13(20)16-8-10(17)7-11(16)12(18)19/h9-11,17H,3-8H2,1-2H3,(H,18,19)/t10-,11-/m1/s1. The molecule has 2 atom stereocenters. The van der Waals surface area contributed by atoms with E-state index in [1.54, 1.807) is 4.90 Å². The van der Waals surface area contributed by atoms with Gasteiger partial charge in [0.05, 0.1) is 6.10 Å². The number of carbonyl (C=O) groups excluding carboxylic acids is 1. The van der Waals surface area contributed by atoms with E-state index >= 15 is 0 Å². The van der Waals surface area contributed by atoms with Crippen LogP contribution in [0.1, 0.15) is 19.3 Å². The van der Waals surface area contributed by atoms with Gasteiger partial charge in [-0.3, -0.25) is 0 Å². The van der Waals surface area contributed by atoms with Gasteiger partial charge in [-0.15, -0.1) is 0 Å². The second-order valence-electron chi connectivity index (χ2n) is 5.86. The van der Waals surface area contributed by atoms with Gasteiger partial charge in [0.2, 0.25) is 0 Å². The van der Waals surface area contributed by atoms with Gasteiger partial charge < -0.3 is 24.9 Å². The van der Waals surface area contributed by atoms with E-state index in [1.165, 1.54) is 4.90 Å². The number of hydrogen-bond acceptors (Lipinski definition) is 4. The molecule has 2 heterocycles. The first kappa shape index (κ1) is 15.1. The van der Waals surface area contributed by atoms with Crippen LogP contribution in [0.5, 0.6) is 0 Å². The third-order valence-corrected chi connectivity index (χ3v) is 4.28. The number of carbonyl (C=O) groups is 2. The number of carboxylic acid groups (broad SMARTS) is 1. The van der Waals surface area contributed by atoms with Gasteiger partial charge in [-0.25, -0.2) is 9.59 Å². The van der Waals surface area contributed by atoms with Gasteiger partial charge >= 0.3 is 12.0 Å². The molecule has 0 aliphatic carbocycles. The molecule has 0 aromatic rings. The molecule has 0 unspecified atom stereocenters. The molecule has 0 bridgehead atoms. The number of amides is 2. The Morgan fingerprint density at radius 3 is 2.30 bits per heavy atom. The van der Waals surface area contributed by atoms with Gasteiger partial charge in [0.15, 0.2) is 0 Å². The third-order valence-electron chi connectivity index (χ3n) is 4.28. The van der Waals surface area contributed by atoms with Gasteiger partial charge in [0.25, 0.3) is 0 Å². The minimum absolute atomic E-state index is 0.114. The lowest BCUT2D eigenvalue weighted by molar-refractivity contribution is -0.141. The predicted molar refractivity (Wildman–Crippen MR) is 72.4 cm³/mol. The summed E-state index contributed by atoms with van der Waals surface area (Å²) in [4.78, 5) is 28.7. The zero-order valence-corrected chi connectivity index (χ0v) is 12.0. The Kier molecular flexibility index (Phi) is 4.49. The predicted octanol–water partition coefficient (Wildman–Crippen LogP) is -0.348. The smallest absolute Gasteiger partial charge is 0.326 e. The molecule has 2 amide bonds. The highest BCUT2D eigenvalue weighted by molar-refractivity contribution is 5.83. The van der Waals surface area contributed by atoms with Crippen LogP contribution in [0.4, 0.5) is 4.79 Å². The van der Waals surface area contributed by atoms with E-state index in [0.717, 1.165) is 12.8 Å². The zero-order valence-electron chi connectivity index (χ0n) is 12.0. The van der Waals surface area contributed by atoms with E-state index in [0.29, 0.717) is 19.1 Å². The highest BCUT2D eigenvalue weighted by Crippen LogP contribution is 2.22. The molecule has 2 saturated heterocycles. The monoisotopic (exact) mass is 285 g/mol. The Morgan fingerprint density at radius 1 is 1.20 bits per heavy atom. The molecule has 0 saturated carbocycles. The normalized spacial score (nSPS) is 28.2. The van der Waals surface area contributed by atoms with Crippen molar-refractivity contribution in [3.8, 4) is 0 Å². The van der Waals surface area contributed by atoms with E-state index in [-0.39, 0.29) is 19.0 Å².